The van der Waals surface area contributed by atoms with Crippen LogP contribution in [0.2, 0.25) is 0 Å². The Labute approximate surface area is 168 Å². The Hall–Kier alpha value is -1.92. The highest BCUT2D eigenvalue weighted by Crippen LogP contribution is 2.23. The Bertz CT molecular complexity index is 821. The third kappa shape index (κ3) is 3.94. The molecule has 1 aromatic carbocycles. The lowest BCUT2D eigenvalue weighted by Gasteiger charge is -2.40. The highest BCUT2D eigenvalue weighted by molar-refractivity contribution is 5.79. The molecular weight excluding hydrogens is 350 g/mol. The molecule has 6 nitrogen and oxygen atoms in total. The van der Waals surface area contributed by atoms with Crippen LogP contribution < -0.4 is 0 Å². The molecule has 2 saturated heterocycles. The van der Waals surface area contributed by atoms with Crippen LogP contribution in [0.1, 0.15) is 32.5 Å². The van der Waals surface area contributed by atoms with E-state index in [2.05, 4.69) is 58.4 Å². The minimum absolute atomic E-state index is 0.133. The fraction of sp³-hybridized carbons (Fsp3) is 0.636. The zero-order chi connectivity index (χ0) is 19.7. The zero-order valence-corrected chi connectivity index (χ0v) is 17.5. The first-order chi connectivity index (χ1) is 13.5. The zero-order valence-electron chi connectivity index (χ0n) is 17.5. The lowest BCUT2D eigenvalue weighted by atomic mass is 9.96. The standard InChI is InChI=1S/C22H33N5O/c1-17(2)26-11-13-27(14-12-26)22(28)18-7-6-10-25(15-18)16-21-23-19-8-4-5-9-20(19)24(21)3/h4-5,8-9,17-18H,6-7,10-16H2,1-3H3/t18-/m1/s1. The van der Waals surface area contributed by atoms with Gasteiger partial charge in [-0.2, -0.15) is 0 Å². The first kappa shape index (κ1) is 19.4. The molecule has 2 fully saturated rings. The summed E-state index contributed by atoms with van der Waals surface area (Å²) in [7, 11) is 2.09. The van der Waals surface area contributed by atoms with Crippen molar-refractivity contribution in [1.29, 1.82) is 0 Å². The van der Waals surface area contributed by atoms with Crippen LogP contribution in [0.3, 0.4) is 0 Å². The molecule has 28 heavy (non-hydrogen) atoms. The average Bonchev–Trinajstić information content (AvgIpc) is 3.03. The lowest BCUT2D eigenvalue weighted by molar-refractivity contribution is -0.139. The van der Waals surface area contributed by atoms with E-state index in [4.69, 9.17) is 4.98 Å². The van der Waals surface area contributed by atoms with Crippen LogP contribution in [0.25, 0.3) is 11.0 Å². The van der Waals surface area contributed by atoms with Gasteiger partial charge in [-0.15, -0.1) is 0 Å². The number of hydrogen-bond donors (Lipinski definition) is 0. The van der Waals surface area contributed by atoms with Gasteiger partial charge in [0.15, 0.2) is 0 Å². The first-order valence-corrected chi connectivity index (χ1v) is 10.7. The third-order valence-electron chi connectivity index (χ3n) is 6.46. The van der Waals surface area contributed by atoms with Crippen molar-refractivity contribution in [2.24, 2.45) is 13.0 Å². The average molecular weight is 384 g/mol. The van der Waals surface area contributed by atoms with Gasteiger partial charge in [0, 0.05) is 45.8 Å². The van der Waals surface area contributed by atoms with E-state index in [9.17, 15) is 4.79 Å². The van der Waals surface area contributed by atoms with E-state index in [0.29, 0.717) is 11.9 Å². The number of aryl methyl sites for hydroxylation is 1. The van der Waals surface area contributed by atoms with Crippen molar-refractivity contribution in [1.82, 2.24) is 24.3 Å². The van der Waals surface area contributed by atoms with E-state index in [0.717, 1.165) is 70.0 Å². The maximum atomic E-state index is 13.1. The number of imidazole rings is 1. The van der Waals surface area contributed by atoms with Crippen LogP contribution in [0.15, 0.2) is 24.3 Å². The van der Waals surface area contributed by atoms with Crippen molar-refractivity contribution in [2.75, 3.05) is 39.3 Å². The van der Waals surface area contributed by atoms with Crippen LogP contribution in [0.5, 0.6) is 0 Å². The fourth-order valence-electron chi connectivity index (χ4n) is 4.65. The number of aromatic nitrogens is 2. The molecule has 0 saturated carbocycles. The van der Waals surface area contributed by atoms with Crippen LogP contribution in [0, 0.1) is 5.92 Å². The van der Waals surface area contributed by atoms with Crippen LogP contribution in [-0.4, -0.2) is 75.5 Å². The number of nitrogens with zero attached hydrogens (tertiary/aromatic N) is 5. The second kappa shape index (κ2) is 8.21. The summed E-state index contributed by atoms with van der Waals surface area (Å²) in [6.07, 6.45) is 2.11. The van der Waals surface area contributed by atoms with E-state index < -0.39 is 0 Å². The van der Waals surface area contributed by atoms with Gasteiger partial charge in [-0.25, -0.2) is 4.98 Å². The maximum absolute atomic E-state index is 13.1. The van der Waals surface area contributed by atoms with Crippen molar-refractivity contribution >= 4 is 16.9 Å². The molecule has 2 aromatic rings. The molecule has 0 unspecified atom stereocenters. The molecule has 1 amide bonds. The Morgan fingerprint density at radius 1 is 1.14 bits per heavy atom. The fourth-order valence-corrected chi connectivity index (χ4v) is 4.65. The molecule has 0 N–H and O–H groups in total. The quantitative estimate of drug-likeness (QED) is 0.813. The smallest absolute Gasteiger partial charge is 0.227 e. The van der Waals surface area contributed by atoms with Gasteiger partial charge in [0.2, 0.25) is 5.91 Å². The Morgan fingerprint density at radius 3 is 2.61 bits per heavy atom. The predicted octanol–water partition coefficient (Wildman–Crippen LogP) is 2.34. The first-order valence-electron chi connectivity index (χ1n) is 10.7. The second-order valence-corrected chi connectivity index (χ2v) is 8.61. The summed E-state index contributed by atoms with van der Waals surface area (Å²) in [5.41, 5.74) is 2.22. The normalized spacial score (nSPS) is 22.3. The Morgan fingerprint density at radius 2 is 1.89 bits per heavy atom. The van der Waals surface area contributed by atoms with Gasteiger partial charge >= 0.3 is 0 Å². The number of para-hydroxylation sites is 2. The second-order valence-electron chi connectivity index (χ2n) is 8.61. The summed E-state index contributed by atoms with van der Waals surface area (Å²) in [5, 5.41) is 0. The number of hydrogen-bond acceptors (Lipinski definition) is 4. The number of benzene rings is 1. The molecule has 0 aliphatic carbocycles. The number of carbonyl (C=O) groups excluding carboxylic acids is 1. The van der Waals surface area contributed by atoms with E-state index in [1.165, 1.54) is 5.52 Å². The number of rotatable bonds is 4. The van der Waals surface area contributed by atoms with Gasteiger partial charge in [-0.3, -0.25) is 14.6 Å². The molecule has 0 bridgehead atoms. The maximum Gasteiger partial charge on any atom is 0.227 e. The van der Waals surface area contributed by atoms with Gasteiger partial charge in [0.1, 0.15) is 5.82 Å². The molecule has 2 aliphatic rings. The summed E-state index contributed by atoms with van der Waals surface area (Å²) >= 11 is 0. The van der Waals surface area contributed by atoms with Crippen LogP contribution in [-0.2, 0) is 18.4 Å². The Kier molecular flexibility index (Phi) is 5.69. The van der Waals surface area contributed by atoms with Crippen molar-refractivity contribution in [3.63, 3.8) is 0 Å². The molecule has 0 spiro atoms. The van der Waals surface area contributed by atoms with Crippen molar-refractivity contribution < 1.29 is 4.79 Å². The Balaban J connectivity index is 1.37. The molecular formula is C22H33N5O. The number of carbonyl (C=O) groups is 1. The molecule has 0 radical (unpaired) electrons. The minimum Gasteiger partial charge on any atom is -0.340 e. The molecule has 152 valence electrons. The van der Waals surface area contributed by atoms with E-state index in [1.54, 1.807) is 0 Å². The van der Waals surface area contributed by atoms with Crippen molar-refractivity contribution in [2.45, 2.75) is 39.3 Å². The van der Waals surface area contributed by atoms with Gasteiger partial charge < -0.3 is 9.47 Å². The lowest BCUT2D eigenvalue weighted by Crippen LogP contribution is -2.53. The minimum atomic E-state index is 0.133. The van der Waals surface area contributed by atoms with Crippen molar-refractivity contribution in [3.05, 3.63) is 30.1 Å². The number of piperazine rings is 1. The summed E-state index contributed by atoms with van der Waals surface area (Å²) in [4.78, 5) is 24.9. The van der Waals surface area contributed by atoms with E-state index in [-0.39, 0.29) is 5.92 Å². The van der Waals surface area contributed by atoms with E-state index in [1.807, 2.05) is 6.07 Å². The largest absolute Gasteiger partial charge is 0.340 e. The summed E-state index contributed by atoms with van der Waals surface area (Å²) in [6, 6.07) is 8.84. The molecule has 1 aromatic heterocycles. The molecule has 2 aliphatic heterocycles. The van der Waals surface area contributed by atoms with E-state index >= 15 is 0 Å². The monoisotopic (exact) mass is 383 g/mol. The van der Waals surface area contributed by atoms with Crippen LogP contribution >= 0.6 is 0 Å². The highest BCUT2D eigenvalue weighted by Gasteiger charge is 2.31. The predicted molar refractivity (Wildman–Crippen MR) is 112 cm³/mol. The summed E-state index contributed by atoms with van der Waals surface area (Å²) in [5.74, 6) is 1.58. The SMILES string of the molecule is CC(C)N1CCN(C(=O)[C@@H]2CCCN(Cc3nc4ccccc4n3C)C2)CC1. The highest BCUT2D eigenvalue weighted by atomic mass is 16.2. The van der Waals surface area contributed by atoms with Gasteiger partial charge in [0.25, 0.3) is 0 Å². The third-order valence-corrected chi connectivity index (χ3v) is 6.46. The molecule has 6 heteroatoms. The van der Waals surface area contributed by atoms with Crippen molar-refractivity contribution in [3.8, 4) is 0 Å². The number of piperidine rings is 1. The van der Waals surface area contributed by atoms with Gasteiger partial charge in [-0.05, 0) is 45.4 Å². The van der Waals surface area contributed by atoms with Gasteiger partial charge in [-0.1, -0.05) is 12.1 Å². The number of fused-ring (bicyclic) bond motifs is 1. The summed E-state index contributed by atoms with van der Waals surface area (Å²) in [6.45, 7) is 10.9. The molecule has 1 atom stereocenters. The van der Waals surface area contributed by atoms with Gasteiger partial charge in [0.05, 0.1) is 23.5 Å². The molecule has 4 rings (SSSR count). The van der Waals surface area contributed by atoms with Crippen LogP contribution in [0.4, 0.5) is 0 Å². The number of amides is 1. The molecule has 3 heterocycles. The number of likely N-dealkylation sites (tertiary alicyclic amines) is 1. The topological polar surface area (TPSA) is 44.6 Å². The summed E-state index contributed by atoms with van der Waals surface area (Å²) < 4.78 is 2.19.